The van der Waals surface area contributed by atoms with Gasteiger partial charge in [0.15, 0.2) is 5.69 Å². The smallest absolute Gasteiger partial charge is 0.273 e. The van der Waals surface area contributed by atoms with Crippen molar-refractivity contribution in [1.29, 1.82) is 0 Å². The first-order valence-electron chi connectivity index (χ1n) is 7.80. The standard InChI is InChI=1S/C16H21N5O2/c22-11-13-6-7-21(9-12-4-2-1-3-5-12)10-15(13)18-16(23)14-8-17-20-19-14/h1-5,8,13,15,22H,6-7,9-11H2,(H,18,23)(H,17,19,20). The molecule has 1 aliphatic heterocycles. The highest BCUT2D eigenvalue weighted by atomic mass is 16.3. The van der Waals surface area contributed by atoms with Crippen molar-refractivity contribution in [3.05, 3.63) is 47.8 Å². The van der Waals surface area contributed by atoms with Gasteiger partial charge in [-0.15, -0.1) is 0 Å². The molecule has 7 nitrogen and oxygen atoms in total. The number of hydrogen-bond donors (Lipinski definition) is 3. The number of amides is 1. The van der Waals surface area contributed by atoms with Crippen LogP contribution in [0.3, 0.4) is 0 Å². The summed E-state index contributed by atoms with van der Waals surface area (Å²) >= 11 is 0. The van der Waals surface area contributed by atoms with Crippen LogP contribution in [0.15, 0.2) is 36.5 Å². The number of carbonyl (C=O) groups excluding carboxylic acids is 1. The number of aromatic nitrogens is 3. The molecule has 1 aliphatic rings. The lowest BCUT2D eigenvalue weighted by Crippen LogP contribution is -2.53. The summed E-state index contributed by atoms with van der Waals surface area (Å²) in [6, 6.07) is 10.2. The van der Waals surface area contributed by atoms with Crippen molar-refractivity contribution in [2.24, 2.45) is 5.92 Å². The van der Waals surface area contributed by atoms with Gasteiger partial charge in [-0.2, -0.15) is 15.4 Å². The molecule has 3 N–H and O–H groups in total. The lowest BCUT2D eigenvalue weighted by molar-refractivity contribution is 0.0727. The lowest BCUT2D eigenvalue weighted by atomic mass is 9.92. The van der Waals surface area contributed by atoms with Crippen LogP contribution < -0.4 is 5.32 Å². The number of H-pyrrole nitrogens is 1. The van der Waals surface area contributed by atoms with Gasteiger partial charge in [-0.1, -0.05) is 30.3 Å². The topological polar surface area (TPSA) is 94.1 Å². The van der Waals surface area contributed by atoms with Crippen molar-refractivity contribution in [2.45, 2.75) is 19.0 Å². The number of likely N-dealkylation sites (tertiary alicyclic amines) is 1. The maximum atomic E-state index is 12.2. The number of nitrogens with one attached hydrogen (secondary N) is 2. The predicted molar refractivity (Wildman–Crippen MR) is 84.5 cm³/mol. The Labute approximate surface area is 134 Å². The van der Waals surface area contributed by atoms with Crippen LogP contribution in [0.5, 0.6) is 0 Å². The van der Waals surface area contributed by atoms with E-state index >= 15 is 0 Å². The first-order valence-corrected chi connectivity index (χ1v) is 7.80. The molecule has 0 radical (unpaired) electrons. The van der Waals surface area contributed by atoms with Crippen LogP contribution in [0.2, 0.25) is 0 Å². The van der Waals surface area contributed by atoms with Crippen molar-refractivity contribution < 1.29 is 9.90 Å². The molecule has 1 aromatic carbocycles. The van der Waals surface area contributed by atoms with Crippen molar-refractivity contribution in [2.75, 3.05) is 19.7 Å². The Bertz CT molecular complexity index is 617. The molecule has 1 fully saturated rings. The summed E-state index contributed by atoms with van der Waals surface area (Å²) in [4.78, 5) is 14.5. The van der Waals surface area contributed by atoms with Gasteiger partial charge in [0.2, 0.25) is 0 Å². The average molecular weight is 315 g/mol. The molecule has 0 saturated carbocycles. The third kappa shape index (κ3) is 3.94. The number of aromatic amines is 1. The van der Waals surface area contributed by atoms with E-state index in [1.54, 1.807) is 0 Å². The van der Waals surface area contributed by atoms with Gasteiger partial charge in [0.1, 0.15) is 0 Å². The van der Waals surface area contributed by atoms with Gasteiger partial charge in [0, 0.05) is 31.7 Å². The average Bonchev–Trinajstić information content (AvgIpc) is 3.11. The van der Waals surface area contributed by atoms with Gasteiger partial charge in [0.25, 0.3) is 5.91 Å². The number of aliphatic hydroxyl groups excluding tert-OH is 1. The van der Waals surface area contributed by atoms with E-state index < -0.39 is 0 Å². The molecule has 2 aromatic rings. The van der Waals surface area contributed by atoms with E-state index in [-0.39, 0.29) is 30.2 Å². The minimum Gasteiger partial charge on any atom is -0.396 e. The maximum Gasteiger partial charge on any atom is 0.273 e. The zero-order chi connectivity index (χ0) is 16.1. The van der Waals surface area contributed by atoms with Crippen LogP contribution in [0, 0.1) is 5.92 Å². The largest absolute Gasteiger partial charge is 0.396 e. The van der Waals surface area contributed by atoms with E-state index in [0.29, 0.717) is 6.54 Å². The van der Waals surface area contributed by atoms with E-state index in [4.69, 9.17) is 0 Å². The van der Waals surface area contributed by atoms with Gasteiger partial charge in [-0.05, 0) is 18.5 Å². The highest BCUT2D eigenvalue weighted by molar-refractivity contribution is 5.92. The Morgan fingerprint density at radius 1 is 1.39 bits per heavy atom. The van der Waals surface area contributed by atoms with Crippen LogP contribution in [-0.2, 0) is 6.54 Å². The third-order valence-corrected chi connectivity index (χ3v) is 4.29. The van der Waals surface area contributed by atoms with Crippen molar-refractivity contribution in [1.82, 2.24) is 25.6 Å². The first kappa shape index (κ1) is 15.6. The van der Waals surface area contributed by atoms with Gasteiger partial charge < -0.3 is 10.4 Å². The molecule has 1 aromatic heterocycles. The lowest BCUT2D eigenvalue weighted by Gasteiger charge is -2.38. The summed E-state index contributed by atoms with van der Waals surface area (Å²) in [5, 5.41) is 22.4. The fourth-order valence-corrected chi connectivity index (χ4v) is 2.99. The Morgan fingerprint density at radius 2 is 2.22 bits per heavy atom. The molecule has 1 saturated heterocycles. The first-order chi connectivity index (χ1) is 11.3. The number of nitrogens with zero attached hydrogens (tertiary/aromatic N) is 3. The summed E-state index contributed by atoms with van der Waals surface area (Å²) in [5.74, 6) is -0.193. The molecule has 1 amide bonds. The van der Waals surface area contributed by atoms with Crippen LogP contribution in [0.4, 0.5) is 0 Å². The molecular weight excluding hydrogens is 294 g/mol. The fourth-order valence-electron chi connectivity index (χ4n) is 2.99. The molecule has 23 heavy (non-hydrogen) atoms. The highest BCUT2D eigenvalue weighted by Crippen LogP contribution is 2.19. The Kier molecular flexibility index (Phi) is 4.99. The Balaban J connectivity index is 1.63. The molecule has 0 bridgehead atoms. The summed E-state index contributed by atoms with van der Waals surface area (Å²) in [6.45, 7) is 2.54. The molecule has 0 spiro atoms. The van der Waals surface area contributed by atoms with Crippen LogP contribution in [-0.4, -0.2) is 57.1 Å². The fraction of sp³-hybridized carbons (Fsp3) is 0.438. The summed E-state index contributed by atoms with van der Waals surface area (Å²) in [7, 11) is 0. The Morgan fingerprint density at radius 3 is 2.91 bits per heavy atom. The second kappa shape index (κ2) is 7.34. The molecule has 7 heteroatoms. The molecule has 0 aliphatic carbocycles. The Hall–Kier alpha value is -2.25. The van der Waals surface area contributed by atoms with E-state index in [2.05, 4.69) is 37.8 Å². The van der Waals surface area contributed by atoms with Crippen LogP contribution in [0.25, 0.3) is 0 Å². The van der Waals surface area contributed by atoms with E-state index in [0.717, 1.165) is 19.5 Å². The SMILES string of the molecule is O=C(NC1CN(Cc2ccccc2)CCC1CO)c1cn[nH]n1. The van der Waals surface area contributed by atoms with Crippen LogP contribution >= 0.6 is 0 Å². The van der Waals surface area contributed by atoms with Gasteiger partial charge in [-0.3, -0.25) is 9.69 Å². The summed E-state index contributed by atoms with van der Waals surface area (Å²) in [6.07, 6.45) is 2.25. The number of hydrogen-bond acceptors (Lipinski definition) is 5. The highest BCUT2D eigenvalue weighted by Gasteiger charge is 2.30. The predicted octanol–water partition coefficient (Wildman–Crippen LogP) is 0.417. The van der Waals surface area contributed by atoms with E-state index in [1.165, 1.54) is 11.8 Å². The minimum atomic E-state index is -0.260. The van der Waals surface area contributed by atoms with Gasteiger partial charge >= 0.3 is 0 Å². The molecule has 2 atom stereocenters. The van der Waals surface area contributed by atoms with Crippen molar-refractivity contribution >= 4 is 5.91 Å². The second-order valence-electron chi connectivity index (χ2n) is 5.89. The van der Waals surface area contributed by atoms with Crippen molar-refractivity contribution in [3.8, 4) is 0 Å². The van der Waals surface area contributed by atoms with Crippen molar-refractivity contribution in [3.63, 3.8) is 0 Å². The van der Waals surface area contributed by atoms with Gasteiger partial charge in [-0.25, -0.2) is 0 Å². The quantitative estimate of drug-likeness (QED) is 0.743. The molecule has 3 rings (SSSR count). The number of carbonyl (C=O) groups is 1. The summed E-state index contributed by atoms with van der Waals surface area (Å²) in [5.41, 5.74) is 1.51. The van der Waals surface area contributed by atoms with E-state index in [9.17, 15) is 9.90 Å². The van der Waals surface area contributed by atoms with Gasteiger partial charge in [0.05, 0.1) is 6.20 Å². The second-order valence-corrected chi connectivity index (χ2v) is 5.89. The maximum absolute atomic E-state index is 12.2. The van der Waals surface area contributed by atoms with Crippen LogP contribution in [0.1, 0.15) is 22.5 Å². The minimum absolute atomic E-state index is 0.0675. The number of piperidine rings is 1. The normalized spacial score (nSPS) is 22.0. The monoisotopic (exact) mass is 315 g/mol. The third-order valence-electron chi connectivity index (χ3n) is 4.29. The molecule has 2 heterocycles. The number of rotatable bonds is 5. The number of benzene rings is 1. The van der Waals surface area contributed by atoms with E-state index in [1.807, 2.05) is 18.2 Å². The summed E-state index contributed by atoms with van der Waals surface area (Å²) < 4.78 is 0. The zero-order valence-corrected chi connectivity index (χ0v) is 12.9. The molecule has 2 unspecified atom stereocenters. The number of aliphatic hydroxyl groups is 1. The molecule has 122 valence electrons. The molecular formula is C16H21N5O2. The zero-order valence-electron chi connectivity index (χ0n) is 12.9.